The normalized spacial score (nSPS) is 12.1. The van der Waals surface area contributed by atoms with Gasteiger partial charge in [-0.25, -0.2) is 4.39 Å². The van der Waals surface area contributed by atoms with Crippen LogP contribution in [0.5, 0.6) is 5.88 Å². The predicted molar refractivity (Wildman–Crippen MR) is 63.4 cm³/mol. The summed E-state index contributed by atoms with van der Waals surface area (Å²) in [6, 6.07) is 2.28. The number of ether oxygens (including phenoxy) is 1. The highest BCUT2D eigenvalue weighted by atomic mass is 19.4. The Morgan fingerprint density at radius 2 is 2.00 bits per heavy atom. The third-order valence-electron chi connectivity index (χ3n) is 2.44. The molecule has 1 aromatic heterocycles. The van der Waals surface area contributed by atoms with Crippen molar-refractivity contribution in [2.75, 3.05) is 7.11 Å². The van der Waals surface area contributed by atoms with Gasteiger partial charge in [0.15, 0.2) is 6.26 Å². The minimum atomic E-state index is -4.57. The number of hydrogen-bond donors (Lipinski definition) is 0. The van der Waals surface area contributed by atoms with Crippen molar-refractivity contribution in [3.05, 3.63) is 47.3 Å². The smallest absolute Gasteiger partial charge is 0.416 e. The molecule has 0 amide bonds. The second-order valence-electron chi connectivity index (χ2n) is 3.80. The summed E-state index contributed by atoms with van der Waals surface area (Å²) in [5, 5.41) is 0. The van der Waals surface area contributed by atoms with Gasteiger partial charge in [-0.1, -0.05) is 6.07 Å². The molecule has 20 heavy (non-hydrogen) atoms. The van der Waals surface area contributed by atoms with Gasteiger partial charge in [-0.3, -0.25) is 0 Å². The molecule has 0 aliphatic carbocycles. The van der Waals surface area contributed by atoms with Crippen LogP contribution < -0.4 is 4.74 Å². The van der Waals surface area contributed by atoms with Crippen LogP contribution in [0.4, 0.5) is 17.6 Å². The minimum absolute atomic E-state index is 0.00448. The number of aromatic nitrogens is 1. The lowest BCUT2D eigenvalue weighted by Gasteiger charge is -2.07. The number of benzene rings is 1. The van der Waals surface area contributed by atoms with Crippen molar-refractivity contribution in [1.82, 2.24) is 4.98 Å². The number of methoxy groups -OCH3 is 1. The quantitative estimate of drug-likeness (QED) is 0.800. The summed E-state index contributed by atoms with van der Waals surface area (Å²) in [6.07, 6.45) is -0.725. The highest BCUT2D eigenvalue weighted by molar-refractivity contribution is 5.66. The molecule has 106 valence electrons. The van der Waals surface area contributed by atoms with Crippen LogP contribution in [0.1, 0.15) is 17.0 Å². The van der Waals surface area contributed by atoms with Gasteiger partial charge < -0.3 is 9.15 Å². The van der Waals surface area contributed by atoms with E-state index in [1.807, 2.05) is 0 Å². The number of nitrogens with zero attached hydrogens (tertiary/aromatic N) is 1. The zero-order chi connectivity index (χ0) is 14.8. The van der Waals surface area contributed by atoms with Gasteiger partial charge in [0.05, 0.1) is 12.7 Å². The van der Waals surface area contributed by atoms with E-state index < -0.39 is 17.6 Å². The summed E-state index contributed by atoms with van der Waals surface area (Å²) >= 11 is 0. The molecule has 0 aliphatic rings. The molecule has 1 aromatic carbocycles. The van der Waals surface area contributed by atoms with Crippen LogP contribution in [0, 0.1) is 5.82 Å². The average molecular weight is 287 g/mol. The molecule has 2 aromatic rings. The summed E-state index contributed by atoms with van der Waals surface area (Å²) < 4.78 is 60.4. The second kappa shape index (κ2) is 5.36. The molecule has 0 unspecified atom stereocenters. The molecule has 0 saturated heterocycles. The van der Waals surface area contributed by atoms with E-state index >= 15 is 0 Å². The largest absolute Gasteiger partial charge is 0.479 e. The van der Waals surface area contributed by atoms with Gasteiger partial charge in [-0.2, -0.15) is 18.2 Å². The molecule has 0 saturated carbocycles. The van der Waals surface area contributed by atoms with Crippen LogP contribution in [0.3, 0.4) is 0 Å². The van der Waals surface area contributed by atoms with E-state index in [-0.39, 0.29) is 17.3 Å². The van der Waals surface area contributed by atoms with E-state index in [1.165, 1.54) is 25.5 Å². The van der Waals surface area contributed by atoms with Crippen LogP contribution in [-0.4, -0.2) is 12.1 Å². The molecule has 3 nitrogen and oxygen atoms in total. The van der Waals surface area contributed by atoms with Gasteiger partial charge in [-0.15, -0.1) is 0 Å². The Hall–Kier alpha value is -2.31. The highest BCUT2D eigenvalue weighted by Gasteiger charge is 2.30. The first-order chi connectivity index (χ1) is 9.40. The third-order valence-corrected chi connectivity index (χ3v) is 2.44. The monoisotopic (exact) mass is 287 g/mol. The Bertz CT molecular complexity index is 632. The standard InChI is InChI=1S/C13H9F4NO2/c1-19-12-7-20-11(18-12)5-3-8-2-4-9(6-10(8)14)13(15,16)17/h2-7H,1H3/b5-3+. The van der Waals surface area contributed by atoms with Crippen molar-refractivity contribution in [3.8, 4) is 5.88 Å². The topological polar surface area (TPSA) is 35.3 Å². The molecule has 0 bridgehead atoms. The summed E-state index contributed by atoms with van der Waals surface area (Å²) in [4.78, 5) is 3.85. The van der Waals surface area contributed by atoms with E-state index in [4.69, 9.17) is 9.15 Å². The molecular formula is C13H9F4NO2. The van der Waals surface area contributed by atoms with E-state index in [9.17, 15) is 17.6 Å². The maximum atomic E-state index is 13.5. The molecule has 0 radical (unpaired) electrons. The molecule has 0 fully saturated rings. The van der Waals surface area contributed by atoms with Gasteiger partial charge in [0.2, 0.25) is 5.89 Å². The first-order valence-electron chi connectivity index (χ1n) is 5.44. The van der Waals surface area contributed by atoms with Gasteiger partial charge in [-0.05, 0) is 18.2 Å². The SMILES string of the molecule is COc1coc(/C=C/c2ccc(C(F)(F)F)cc2F)n1. The maximum absolute atomic E-state index is 13.5. The molecule has 0 N–H and O–H groups in total. The number of halogens is 4. The molecule has 0 aliphatic heterocycles. The van der Waals surface area contributed by atoms with E-state index in [2.05, 4.69) is 4.98 Å². The Labute approximate surface area is 111 Å². The van der Waals surface area contributed by atoms with E-state index in [0.29, 0.717) is 6.07 Å². The number of alkyl halides is 3. The number of oxazole rings is 1. The van der Waals surface area contributed by atoms with E-state index in [0.717, 1.165) is 12.1 Å². The molecule has 0 spiro atoms. The summed E-state index contributed by atoms with van der Waals surface area (Å²) in [5.41, 5.74) is -1.04. The summed E-state index contributed by atoms with van der Waals surface area (Å²) in [6.45, 7) is 0. The Balaban J connectivity index is 2.21. The average Bonchev–Trinajstić information content (AvgIpc) is 2.84. The second-order valence-corrected chi connectivity index (χ2v) is 3.80. The Morgan fingerprint density at radius 3 is 2.55 bits per heavy atom. The van der Waals surface area contributed by atoms with Crippen LogP contribution in [0.2, 0.25) is 0 Å². The predicted octanol–water partition coefficient (Wildman–Crippen LogP) is 4.01. The molecule has 7 heteroatoms. The third kappa shape index (κ3) is 3.17. The lowest BCUT2D eigenvalue weighted by atomic mass is 10.1. The number of hydrogen-bond acceptors (Lipinski definition) is 3. The van der Waals surface area contributed by atoms with Crippen molar-refractivity contribution in [3.63, 3.8) is 0 Å². The van der Waals surface area contributed by atoms with Gasteiger partial charge in [0, 0.05) is 11.6 Å². The zero-order valence-electron chi connectivity index (χ0n) is 10.2. The fourth-order valence-electron chi connectivity index (χ4n) is 1.44. The fourth-order valence-corrected chi connectivity index (χ4v) is 1.44. The van der Waals surface area contributed by atoms with Crippen LogP contribution in [-0.2, 0) is 6.18 Å². The maximum Gasteiger partial charge on any atom is 0.416 e. The van der Waals surface area contributed by atoms with Gasteiger partial charge >= 0.3 is 6.18 Å². The lowest BCUT2D eigenvalue weighted by molar-refractivity contribution is -0.137. The van der Waals surface area contributed by atoms with Crippen LogP contribution >= 0.6 is 0 Å². The summed E-state index contributed by atoms with van der Waals surface area (Å²) in [7, 11) is 1.40. The first kappa shape index (κ1) is 14.1. The first-order valence-corrected chi connectivity index (χ1v) is 5.44. The lowest BCUT2D eigenvalue weighted by Crippen LogP contribution is -2.05. The van der Waals surface area contributed by atoms with Gasteiger partial charge in [0.25, 0.3) is 5.88 Å². The van der Waals surface area contributed by atoms with E-state index in [1.54, 1.807) is 0 Å². The van der Waals surface area contributed by atoms with Crippen molar-refractivity contribution in [1.29, 1.82) is 0 Å². The molecule has 0 atom stereocenters. The van der Waals surface area contributed by atoms with Crippen molar-refractivity contribution >= 4 is 12.2 Å². The summed E-state index contributed by atoms with van der Waals surface area (Å²) in [5.74, 6) is -0.576. The van der Waals surface area contributed by atoms with Crippen molar-refractivity contribution in [2.24, 2.45) is 0 Å². The fraction of sp³-hybridized carbons (Fsp3) is 0.154. The van der Waals surface area contributed by atoms with Gasteiger partial charge in [0.1, 0.15) is 5.82 Å². The van der Waals surface area contributed by atoms with Crippen molar-refractivity contribution < 1.29 is 26.7 Å². The number of rotatable bonds is 3. The molecule has 1 heterocycles. The van der Waals surface area contributed by atoms with Crippen LogP contribution in [0.15, 0.2) is 28.9 Å². The Kier molecular flexibility index (Phi) is 3.78. The van der Waals surface area contributed by atoms with Crippen molar-refractivity contribution in [2.45, 2.75) is 6.18 Å². The van der Waals surface area contributed by atoms with Crippen LogP contribution in [0.25, 0.3) is 12.2 Å². The zero-order valence-corrected chi connectivity index (χ0v) is 10.2. The Morgan fingerprint density at radius 1 is 1.25 bits per heavy atom. The molecule has 2 rings (SSSR count). The highest BCUT2D eigenvalue weighted by Crippen LogP contribution is 2.30. The minimum Gasteiger partial charge on any atom is -0.479 e. The molecular weight excluding hydrogens is 278 g/mol.